The maximum absolute atomic E-state index is 12.5. The van der Waals surface area contributed by atoms with Crippen molar-refractivity contribution in [3.8, 4) is 76.1 Å². The molecule has 23 heteroatoms. The molecule has 138 heavy (non-hydrogen) atoms. The first-order valence-corrected chi connectivity index (χ1v) is 45.3. The normalized spacial score (nSPS) is 12.8. The van der Waals surface area contributed by atoms with Gasteiger partial charge < -0.3 is 72.3 Å². The lowest BCUT2D eigenvalue weighted by Gasteiger charge is -2.26. The number of hydrogen-bond acceptors (Lipinski definition) is 21. The summed E-state index contributed by atoms with van der Waals surface area (Å²) in [6.45, 7) is 11.6. The molecule has 3 aliphatic rings. The monoisotopic (exact) mass is 1830 g/mol. The van der Waals surface area contributed by atoms with Crippen LogP contribution in [0.1, 0.15) is 129 Å². The van der Waals surface area contributed by atoms with Gasteiger partial charge in [0.1, 0.15) is 74.5 Å². The van der Waals surface area contributed by atoms with E-state index in [4.69, 9.17) is 31.2 Å². The molecule has 0 unspecified atom stereocenters. The number of ether oxygens (including phenoxy) is 1. The number of carbonyl (C=O) groups excluding carboxylic acids is 2. The van der Waals surface area contributed by atoms with Gasteiger partial charge in [0.2, 0.25) is 5.91 Å². The fraction of sp³-hybridized carbons (Fsp3) is 0.183. The van der Waals surface area contributed by atoms with Crippen LogP contribution in [0.2, 0.25) is 0 Å². The number of nitrogens with zero attached hydrogens (tertiary/aromatic N) is 1. The van der Waals surface area contributed by atoms with Crippen LogP contribution in [0.15, 0.2) is 304 Å². The number of nitrogens with one attached hydrogen (secondary N) is 2. The molecular weight excluding hydrogens is 1740 g/mol. The zero-order chi connectivity index (χ0) is 96.3. The average Bonchev–Trinajstić information content (AvgIpc) is 0.877. The van der Waals surface area contributed by atoms with E-state index in [2.05, 4.69) is 69.8 Å². The van der Waals surface area contributed by atoms with E-state index < -0.39 is 39.4 Å². The van der Waals surface area contributed by atoms with E-state index in [1.165, 1.54) is 63.3 Å². The number of piperidine rings is 1. The van der Waals surface area contributed by atoms with Crippen molar-refractivity contribution in [3.05, 3.63) is 350 Å². The van der Waals surface area contributed by atoms with E-state index in [9.17, 15) is 63.9 Å². The van der Waals surface area contributed by atoms with E-state index >= 15 is 0 Å². The number of aryl methyl sites for hydroxylation is 1. The molecule has 19 aromatic rings. The third-order valence-corrected chi connectivity index (χ3v) is 23.5. The molecule has 22 rings (SSSR count). The van der Waals surface area contributed by atoms with E-state index in [-0.39, 0.29) is 34.8 Å². The first kappa shape index (κ1) is 92.6. The number of hydrogen-bond donors (Lipinski definition) is 7. The predicted molar refractivity (Wildman–Crippen MR) is 539 cm³/mol. The van der Waals surface area contributed by atoms with Crippen molar-refractivity contribution < 1.29 is 66.4 Å². The molecule has 2 saturated carbocycles. The van der Waals surface area contributed by atoms with Crippen molar-refractivity contribution in [2.75, 3.05) is 31.5 Å². The zero-order valence-electron chi connectivity index (χ0n) is 75.7. The molecule has 1 saturated heterocycles. The van der Waals surface area contributed by atoms with Crippen LogP contribution in [0.4, 0.5) is 5.69 Å². The molecular formula is C115H91N3O20. The van der Waals surface area contributed by atoms with Crippen LogP contribution in [-0.4, -0.2) is 74.0 Å². The first-order valence-electron chi connectivity index (χ1n) is 45.3. The number of amides is 2. The highest BCUT2D eigenvalue weighted by molar-refractivity contribution is 6.11. The highest BCUT2D eigenvalue weighted by Crippen LogP contribution is 2.37. The van der Waals surface area contributed by atoms with Gasteiger partial charge in [0.15, 0.2) is 0 Å². The largest absolute Gasteiger partial charge is 0.508 e. The third-order valence-electron chi connectivity index (χ3n) is 23.5. The molecule has 7 heterocycles. The van der Waals surface area contributed by atoms with Gasteiger partial charge in [0.05, 0.1) is 32.3 Å². The molecule has 13 aromatic carbocycles. The Labute approximate surface area is 787 Å². The standard InChI is InChI=1S/C22H24N2O3.C22H17NO4.C18H12O4.C18H12O3.C18H14O3.C17H12O3/c1-15-5-7-18-17-8-6-16(14-19(17)22(26)27-20(18)13-15)21(25)23-9-12-24-10-3-2-4-11-24;1-14(24)23-16-7-9-18-19-10-8-17(26-13-15-5-3-2-4-6-15)12-21(19)27-22(25)20(18)11-16;19-12-2-4-14-13-3-1-11(5-6-18(21)7-8-18)9-15(13)17(20)22-16(14)10-12;19-13-6-8-15-14-7-5-12(4-3-11-1-2-11)9-16(14)18(20)21-17(15)10-13;1-2-3-4-5-12-6-8-14-15-9-7-13(19)11-17(15)21-18(20)16(14)10-12;1-2-3-4-11-5-7-13-14-8-6-12(18)10-16(14)20-17(19)15(13)9-11/h5-8,13-14H,2-4,9-12H2,1H3,(H,23,25);2-12H,13H2,1H3,(H,23,24);1-4,9-10,19,21H,7-8H2;5-11,19H,1-2H2;6-11,19H,2-3H2,1H3;5-10,18H,2H2,1H3. The number of carbonyl (C=O) groups is 2. The van der Waals surface area contributed by atoms with Gasteiger partial charge in [-0.25, -0.2) is 28.8 Å². The predicted octanol–water partition coefficient (Wildman–Crippen LogP) is 21.1. The average molecular weight is 1830 g/mol. The van der Waals surface area contributed by atoms with E-state index in [1.54, 1.807) is 103 Å². The Morgan fingerprint density at radius 2 is 0.819 bits per heavy atom. The summed E-state index contributed by atoms with van der Waals surface area (Å²) in [5, 5.41) is 65.7. The lowest BCUT2D eigenvalue weighted by molar-refractivity contribution is -0.114. The number of rotatable bonds is 9. The summed E-state index contributed by atoms with van der Waals surface area (Å²) in [5.41, 5.74) is 5.38. The van der Waals surface area contributed by atoms with Gasteiger partial charge in [0, 0.05) is 162 Å². The topological polar surface area (TPSA) is 353 Å². The fourth-order valence-electron chi connectivity index (χ4n) is 16.1. The SMILES string of the molecule is CC(=O)Nc1ccc2c(c1)c(=O)oc1cc(OCc3ccccc3)ccc12.CCC#Cc1ccc2c(c1)c(=O)oc1cc(O)ccc12.CCCC#Cc1ccc2c(c1)c(=O)oc1cc(O)ccc12.Cc1ccc2c(c1)oc(=O)c1cc(C(=O)NCCN3CCCCC3)ccc12.O=c1oc2cc(O)ccc2c2ccc(C#CC3(O)CC3)cc12.O=c1oc2cc(O)ccc2c2ccc(C#CC3CC3)cc12. The minimum absolute atomic E-state index is 0.0511. The number of anilines is 1. The van der Waals surface area contributed by atoms with Crippen molar-refractivity contribution in [1.82, 2.24) is 10.2 Å². The van der Waals surface area contributed by atoms with Crippen LogP contribution in [0, 0.1) is 60.2 Å². The highest BCUT2D eigenvalue weighted by atomic mass is 16.5. The minimum atomic E-state index is -0.847. The quantitative estimate of drug-likeness (QED) is 0.0401. The maximum atomic E-state index is 12.5. The Kier molecular flexibility index (Phi) is 27.6. The van der Waals surface area contributed by atoms with Gasteiger partial charge in [-0.2, -0.15) is 0 Å². The molecule has 23 nitrogen and oxygen atoms in total. The second-order valence-corrected chi connectivity index (χ2v) is 33.9. The molecule has 6 aromatic heterocycles. The van der Waals surface area contributed by atoms with Crippen LogP contribution < -0.4 is 49.1 Å². The Bertz CT molecular complexity index is 8750. The summed E-state index contributed by atoms with van der Waals surface area (Å²) in [6.07, 6.45) is 10.1. The molecule has 686 valence electrons. The van der Waals surface area contributed by atoms with Crippen LogP contribution in [0.5, 0.6) is 28.7 Å². The highest BCUT2D eigenvalue weighted by Gasteiger charge is 2.38. The van der Waals surface area contributed by atoms with E-state index in [0.29, 0.717) is 120 Å². The Morgan fingerprint density at radius 3 is 1.27 bits per heavy atom. The number of benzene rings is 13. The molecule has 0 radical (unpaired) electrons. The van der Waals surface area contributed by atoms with Crippen LogP contribution in [-0.2, 0) is 11.4 Å². The summed E-state index contributed by atoms with van der Waals surface area (Å²) in [5.74, 6) is 25.2. The van der Waals surface area contributed by atoms with Gasteiger partial charge in [0.25, 0.3) is 5.91 Å². The fourth-order valence-corrected chi connectivity index (χ4v) is 16.1. The molecule has 3 fully saturated rings. The van der Waals surface area contributed by atoms with Crippen LogP contribution >= 0.6 is 0 Å². The minimum Gasteiger partial charge on any atom is -0.508 e. The Balaban J connectivity index is 0.000000115. The number of phenolic OH excluding ortho intramolecular Hbond substituents is 4. The number of unbranched alkanes of at least 4 members (excludes halogenated alkanes) is 1. The summed E-state index contributed by atoms with van der Waals surface area (Å²) < 4.78 is 37.8. The molecule has 0 bridgehead atoms. The lowest BCUT2D eigenvalue weighted by Crippen LogP contribution is -2.37. The molecule has 2 aliphatic carbocycles. The van der Waals surface area contributed by atoms with Crippen LogP contribution in [0.3, 0.4) is 0 Å². The first-order chi connectivity index (χ1) is 66.8. The number of aliphatic hydroxyl groups is 1. The van der Waals surface area contributed by atoms with Gasteiger partial charge in [-0.1, -0.05) is 146 Å². The zero-order valence-corrected chi connectivity index (χ0v) is 75.7. The van der Waals surface area contributed by atoms with Crippen molar-refractivity contribution in [3.63, 3.8) is 0 Å². The van der Waals surface area contributed by atoms with Crippen molar-refractivity contribution in [2.24, 2.45) is 5.92 Å². The maximum Gasteiger partial charge on any atom is 0.344 e. The number of phenols is 4. The van der Waals surface area contributed by atoms with Crippen molar-refractivity contribution in [1.29, 1.82) is 0 Å². The Hall–Kier alpha value is -17.2. The molecule has 2 amide bonds. The van der Waals surface area contributed by atoms with Gasteiger partial charge in [-0.3, -0.25) is 9.59 Å². The number of aromatic hydroxyl groups is 4. The molecule has 1 aliphatic heterocycles. The summed E-state index contributed by atoms with van der Waals surface area (Å²) >= 11 is 0. The van der Waals surface area contributed by atoms with E-state index in [1.807, 2.05) is 135 Å². The van der Waals surface area contributed by atoms with Gasteiger partial charge >= 0.3 is 33.8 Å². The van der Waals surface area contributed by atoms with Gasteiger partial charge in [-0.05, 0) is 221 Å². The summed E-state index contributed by atoms with van der Waals surface area (Å²) in [4.78, 5) is 99.2. The van der Waals surface area contributed by atoms with E-state index in [0.717, 1.165) is 131 Å². The molecule has 7 N–H and O–H groups in total. The molecule has 0 spiro atoms. The van der Waals surface area contributed by atoms with Crippen LogP contribution in [0.25, 0.3) is 130 Å². The number of likely N-dealkylation sites (tertiary alicyclic amines) is 1. The third kappa shape index (κ3) is 22.0. The summed E-state index contributed by atoms with van der Waals surface area (Å²) in [7, 11) is 0. The number of fused-ring (bicyclic) bond motifs is 18. The lowest BCUT2D eigenvalue weighted by atomic mass is 10.0. The second-order valence-electron chi connectivity index (χ2n) is 33.9. The second kappa shape index (κ2) is 41.1. The summed E-state index contributed by atoms with van der Waals surface area (Å²) in [6, 6.07) is 72.5. The smallest absolute Gasteiger partial charge is 0.344 e. The van der Waals surface area contributed by atoms with Crippen molar-refractivity contribution >= 4 is 148 Å². The van der Waals surface area contributed by atoms with Gasteiger partial charge in [-0.15, -0.1) is 0 Å². The molecule has 0 atom stereocenters. The van der Waals surface area contributed by atoms with Crippen molar-refractivity contribution in [2.45, 2.75) is 104 Å². The Morgan fingerprint density at radius 1 is 0.420 bits per heavy atom.